The van der Waals surface area contributed by atoms with E-state index < -0.39 is 0 Å². The highest BCUT2D eigenvalue weighted by molar-refractivity contribution is 5.79. The molecule has 0 spiro atoms. The van der Waals surface area contributed by atoms with Gasteiger partial charge in [-0.2, -0.15) is 0 Å². The fraction of sp³-hybridized carbons (Fsp3) is 0.310. The Kier molecular flexibility index (Phi) is 6.80. The van der Waals surface area contributed by atoms with E-state index >= 15 is 0 Å². The van der Waals surface area contributed by atoms with Gasteiger partial charge in [-0.1, -0.05) is 59.7 Å². The molecule has 0 radical (unpaired) electrons. The van der Waals surface area contributed by atoms with E-state index in [4.69, 9.17) is 4.98 Å². The SMILES string of the molecule is Cc1ccc(CNC(=O)[C@H]2CCCN(c3nc4cccnc4n(Cc4ccc(C)cc4)c3=O)C2)cc1. The third kappa shape index (κ3) is 5.15. The number of pyridine rings is 1. The Balaban J connectivity index is 1.38. The van der Waals surface area contributed by atoms with Crippen molar-refractivity contribution in [3.05, 3.63) is 99.5 Å². The lowest BCUT2D eigenvalue weighted by molar-refractivity contribution is -0.125. The van der Waals surface area contributed by atoms with Crippen LogP contribution in [0.4, 0.5) is 5.82 Å². The summed E-state index contributed by atoms with van der Waals surface area (Å²) in [6.07, 6.45) is 3.31. The van der Waals surface area contributed by atoms with Crippen molar-refractivity contribution in [2.45, 2.75) is 39.8 Å². The van der Waals surface area contributed by atoms with Crippen LogP contribution in [0.1, 0.15) is 35.1 Å². The molecule has 1 saturated heterocycles. The molecule has 7 heteroatoms. The third-order valence-corrected chi connectivity index (χ3v) is 6.82. The number of nitrogens with zero attached hydrogens (tertiary/aromatic N) is 4. The standard InChI is InChI=1S/C29H31N5O2/c1-20-7-11-22(12-8-20)17-31-28(35)24-5-4-16-33(19-24)27-29(36)34(18-23-13-9-21(2)10-14-23)26-25(32-27)6-3-15-30-26/h3,6-15,24H,4-5,16-19H2,1-2H3,(H,31,35)/t24-/m0/s1. The molecule has 1 atom stereocenters. The number of anilines is 1. The molecule has 184 valence electrons. The Morgan fingerprint density at radius 3 is 2.42 bits per heavy atom. The maximum absolute atomic E-state index is 13.7. The molecule has 1 aliphatic heterocycles. The van der Waals surface area contributed by atoms with Gasteiger partial charge in [0.15, 0.2) is 11.5 Å². The summed E-state index contributed by atoms with van der Waals surface area (Å²) in [5, 5.41) is 3.07. The number of carbonyl (C=O) groups excluding carboxylic acids is 1. The van der Waals surface area contributed by atoms with Gasteiger partial charge in [0.25, 0.3) is 5.56 Å². The van der Waals surface area contributed by atoms with Crippen molar-refractivity contribution in [2.24, 2.45) is 5.92 Å². The second-order valence-corrected chi connectivity index (χ2v) is 9.65. The van der Waals surface area contributed by atoms with Gasteiger partial charge in [-0.05, 0) is 49.9 Å². The Morgan fingerprint density at radius 2 is 1.69 bits per heavy atom. The second-order valence-electron chi connectivity index (χ2n) is 9.65. The number of hydrogen-bond donors (Lipinski definition) is 1. The van der Waals surface area contributed by atoms with Crippen molar-refractivity contribution in [2.75, 3.05) is 18.0 Å². The lowest BCUT2D eigenvalue weighted by Gasteiger charge is -2.32. The van der Waals surface area contributed by atoms with Gasteiger partial charge in [0.2, 0.25) is 5.91 Å². The highest BCUT2D eigenvalue weighted by Gasteiger charge is 2.28. The number of amides is 1. The van der Waals surface area contributed by atoms with Crippen molar-refractivity contribution >= 4 is 22.9 Å². The van der Waals surface area contributed by atoms with Crippen molar-refractivity contribution in [1.29, 1.82) is 0 Å². The molecule has 2 aromatic heterocycles. The maximum atomic E-state index is 13.7. The number of nitrogens with one attached hydrogen (secondary N) is 1. The first kappa shape index (κ1) is 23.7. The lowest BCUT2D eigenvalue weighted by Crippen LogP contribution is -2.45. The average molecular weight is 482 g/mol. The van der Waals surface area contributed by atoms with E-state index in [1.54, 1.807) is 10.8 Å². The van der Waals surface area contributed by atoms with E-state index in [9.17, 15) is 9.59 Å². The molecule has 36 heavy (non-hydrogen) atoms. The predicted molar refractivity (Wildman–Crippen MR) is 142 cm³/mol. The highest BCUT2D eigenvalue weighted by Crippen LogP contribution is 2.22. The first-order valence-corrected chi connectivity index (χ1v) is 12.5. The maximum Gasteiger partial charge on any atom is 0.295 e. The molecule has 0 saturated carbocycles. The third-order valence-electron chi connectivity index (χ3n) is 6.82. The number of piperidine rings is 1. The van der Waals surface area contributed by atoms with Crippen LogP contribution in [-0.4, -0.2) is 33.5 Å². The molecule has 7 nitrogen and oxygen atoms in total. The van der Waals surface area contributed by atoms with Crippen LogP contribution in [0.3, 0.4) is 0 Å². The number of aryl methyl sites for hydroxylation is 2. The molecule has 2 aromatic carbocycles. The first-order valence-electron chi connectivity index (χ1n) is 12.5. The van der Waals surface area contributed by atoms with E-state index in [1.807, 2.05) is 79.4 Å². The van der Waals surface area contributed by atoms with Crippen molar-refractivity contribution < 1.29 is 4.79 Å². The van der Waals surface area contributed by atoms with E-state index in [-0.39, 0.29) is 17.4 Å². The number of carbonyl (C=O) groups is 1. The summed E-state index contributed by atoms with van der Waals surface area (Å²) in [6, 6.07) is 20.0. The Bertz CT molecular complexity index is 1430. The van der Waals surface area contributed by atoms with Gasteiger partial charge in [-0.25, -0.2) is 9.97 Å². The molecule has 5 rings (SSSR count). The molecule has 3 heterocycles. The van der Waals surface area contributed by atoms with E-state index in [2.05, 4.69) is 10.3 Å². The molecule has 0 unspecified atom stereocenters. The molecular formula is C29H31N5O2. The zero-order valence-corrected chi connectivity index (χ0v) is 20.8. The quantitative estimate of drug-likeness (QED) is 0.451. The van der Waals surface area contributed by atoms with Gasteiger partial charge in [-0.15, -0.1) is 0 Å². The van der Waals surface area contributed by atoms with Gasteiger partial charge in [0, 0.05) is 25.8 Å². The van der Waals surface area contributed by atoms with Gasteiger partial charge in [-0.3, -0.25) is 14.2 Å². The summed E-state index contributed by atoms with van der Waals surface area (Å²) in [5.41, 5.74) is 5.52. The minimum absolute atomic E-state index is 0.0164. The van der Waals surface area contributed by atoms with E-state index in [1.165, 1.54) is 11.1 Å². The number of fused-ring (bicyclic) bond motifs is 1. The van der Waals surface area contributed by atoms with Crippen LogP contribution < -0.4 is 15.8 Å². The summed E-state index contributed by atoms with van der Waals surface area (Å²) in [6.45, 7) is 6.17. The van der Waals surface area contributed by atoms with Gasteiger partial charge in [0.05, 0.1) is 12.5 Å². The Morgan fingerprint density at radius 1 is 1.00 bits per heavy atom. The lowest BCUT2D eigenvalue weighted by atomic mass is 9.97. The predicted octanol–water partition coefficient (Wildman–Crippen LogP) is 3.99. The van der Waals surface area contributed by atoms with Crippen LogP contribution in [0.5, 0.6) is 0 Å². The normalized spacial score (nSPS) is 15.7. The number of rotatable bonds is 6. The Hall–Kier alpha value is -4.00. The monoisotopic (exact) mass is 481 g/mol. The van der Waals surface area contributed by atoms with Gasteiger partial charge < -0.3 is 10.2 Å². The minimum atomic E-state index is -0.194. The fourth-order valence-corrected chi connectivity index (χ4v) is 4.71. The zero-order chi connectivity index (χ0) is 25.1. The van der Waals surface area contributed by atoms with Crippen molar-refractivity contribution in [3.63, 3.8) is 0 Å². The molecule has 0 bridgehead atoms. The van der Waals surface area contributed by atoms with Crippen LogP contribution in [0.2, 0.25) is 0 Å². The number of hydrogen-bond acceptors (Lipinski definition) is 5. The number of benzene rings is 2. The molecule has 1 fully saturated rings. The van der Waals surface area contributed by atoms with Crippen molar-refractivity contribution in [1.82, 2.24) is 19.9 Å². The van der Waals surface area contributed by atoms with Crippen LogP contribution in [0.15, 0.2) is 71.7 Å². The Labute approximate surface area is 210 Å². The smallest absolute Gasteiger partial charge is 0.295 e. The molecule has 1 aliphatic rings. The molecule has 4 aromatic rings. The average Bonchev–Trinajstić information content (AvgIpc) is 2.91. The molecular weight excluding hydrogens is 450 g/mol. The van der Waals surface area contributed by atoms with Crippen LogP contribution in [-0.2, 0) is 17.9 Å². The molecule has 1 amide bonds. The van der Waals surface area contributed by atoms with Gasteiger partial charge >= 0.3 is 0 Å². The first-order chi connectivity index (χ1) is 17.5. The highest BCUT2D eigenvalue weighted by atomic mass is 16.2. The van der Waals surface area contributed by atoms with E-state index in [0.29, 0.717) is 43.2 Å². The van der Waals surface area contributed by atoms with Crippen LogP contribution >= 0.6 is 0 Å². The van der Waals surface area contributed by atoms with Crippen LogP contribution in [0, 0.1) is 19.8 Å². The summed E-state index contributed by atoms with van der Waals surface area (Å²) >= 11 is 0. The molecule has 0 aliphatic carbocycles. The summed E-state index contributed by atoms with van der Waals surface area (Å²) in [5.74, 6) is 0.210. The zero-order valence-electron chi connectivity index (χ0n) is 20.8. The fourth-order valence-electron chi connectivity index (χ4n) is 4.71. The van der Waals surface area contributed by atoms with Crippen LogP contribution in [0.25, 0.3) is 11.2 Å². The molecule has 1 N–H and O–H groups in total. The van der Waals surface area contributed by atoms with Gasteiger partial charge in [0.1, 0.15) is 5.52 Å². The topological polar surface area (TPSA) is 80.1 Å². The minimum Gasteiger partial charge on any atom is -0.352 e. The summed E-state index contributed by atoms with van der Waals surface area (Å²) < 4.78 is 1.70. The van der Waals surface area contributed by atoms with Crippen molar-refractivity contribution in [3.8, 4) is 0 Å². The van der Waals surface area contributed by atoms with E-state index in [0.717, 1.165) is 24.0 Å². The summed E-state index contributed by atoms with van der Waals surface area (Å²) in [7, 11) is 0. The summed E-state index contributed by atoms with van der Waals surface area (Å²) in [4.78, 5) is 37.8. The largest absolute Gasteiger partial charge is 0.352 e. The second kappa shape index (κ2) is 10.3. The number of aromatic nitrogens is 3.